The first-order valence-electron chi connectivity index (χ1n) is 8.49. The molecule has 1 amide bonds. The maximum Gasteiger partial charge on any atom is 0.257 e. The van der Waals surface area contributed by atoms with Crippen molar-refractivity contribution >= 4 is 34.5 Å². The van der Waals surface area contributed by atoms with Crippen LogP contribution in [0.4, 0.5) is 11.4 Å². The van der Waals surface area contributed by atoms with Crippen LogP contribution in [0, 0.1) is 6.92 Å². The van der Waals surface area contributed by atoms with Gasteiger partial charge in [0.2, 0.25) is 0 Å². The molecule has 0 aliphatic carbocycles. The summed E-state index contributed by atoms with van der Waals surface area (Å²) in [4.78, 5) is 16.9. The number of piperazine rings is 1. The van der Waals surface area contributed by atoms with Crippen LogP contribution in [-0.2, 0) is 4.79 Å². The van der Waals surface area contributed by atoms with Gasteiger partial charge in [-0.05, 0) is 36.8 Å². The van der Waals surface area contributed by atoms with Crippen molar-refractivity contribution in [2.45, 2.75) is 6.92 Å². The highest BCUT2D eigenvalue weighted by Crippen LogP contribution is 2.32. The van der Waals surface area contributed by atoms with E-state index in [1.165, 1.54) is 0 Å². The zero-order valence-electron chi connectivity index (χ0n) is 14.1. The fraction of sp³-hybridized carbons (Fsp3) is 0.250. The van der Waals surface area contributed by atoms with Gasteiger partial charge in [0.05, 0.1) is 5.57 Å². The third kappa shape index (κ3) is 3.22. The van der Waals surface area contributed by atoms with Crippen LogP contribution in [0.1, 0.15) is 11.1 Å². The highest BCUT2D eigenvalue weighted by molar-refractivity contribution is 6.31. The maximum atomic E-state index is 12.3. The molecule has 2 aromatic carbocycles. The quantitative estimate of drug-likeness (QED) is 0.835. The van der Waals surface area contributed by atoms with Crippen molar-refractivity contribution in [1.82, 2.24) is 4.90 Å². The Hall–Kier alpha value is -2.46. The van der Waals surface area contributed by atoms with Gasteiger partial charge in [0, 0.05) is 54.3 Å². The Morgan fingerprint density at radius 3 is 2.64 bits per heavy atom. The zero-order chi connectivity index (χ0) is 17.4. The minimum atomic E-state index is -0.0159. The van der Waals surface area contributed by atoms with Crippen LogP contribution < -0.4 is 10.2 Å². The van der Waals surface area contributed by atoms with E-state index >= 15 is 0 Å². The fourth-order valence-electron chi connectivity index (χ4n) is 3.40. The van der Waals surface area contributed by atoms with E-state index < -0.39 is 0 Å². The molecule has 0 atom stereocenters. The lowest BCUT2D eigenvalue weighted by atomic mass is 10.1. The predicted octanol–water partition coefficient (Wildman–Crippen LogP) is 3.76. The number of anilines is 2. The molecule has 2 heterocycles. The number of benzene rings is 2. The fourth-order valence-corrected chi connectivity index (χ4v) is 3.59. The Labute approximate surface area is 152 Å². The number of nitrogens with one attached hydrogen (secondary N) is 1. The van der Waals surface area contributed by atoms with Crippen LogP contribution in [0.2, 0.25) is 5.02 Å². The second kappa shape index (κ2) is 6.45. The van der Waals surface area contributed by atoms with E-state index in [1.54, 1.807) is 0 Å². The van der Waals surface area contributed by atoms with Crippen molar-refractivity contribution < 1.29 is 4.79 Å². The molecule has 2 aromatic rings. The molecular formula is C20H20ClN3O. The summed E-state index contributed by atoms with van der Waals surface area (Å²) < 4.78 is 0. The van der Waals surface area contributed by atoms with Gasteiger partial charge < -0.3 is 15.1 Å². The van der Waals surface area contributed by atoms with E-state index in [-0.39, 0.29) is 5.91 Å². The second-order valence-corrected chi connectivity index (χ2v) is 6.99. The predicted molar refractivity (Wildman–Crippen MR) is 103 cm³/mol. The SMILES string of the molecule is Cc1ccc2c(c1)NC(=O)/C2=C/N1CCN(c2cccc(Cl)c2)CC1. The Bertz CT molecular complexity index is 854. The lowest BCUT2D eigenvalue weighted by molar-refractivity contribution is -0.110. The summed E-state index contributed by atoms with van der Waals surface area (Å²) in [5.41, 5.74) is 4.96. The summed E-state index contributed by atoms with van der Waals surface area (Å²) in [5.74, 6) is -0.0159. The van der Waals surface area contributed by atoms with E-state index in [1.807, 2.05) is 49.5 Å². The molecule has 0 saturated carbocycles. The molecule has 1 fully saturated rings. The van der Waals surface area contributed by atoms with Crippen molar-refractivity contribution in [2.24, 2.45) is 0 Å². The highest BCUT2D eigenvalue weighted by atomic mass is 35.5. The number of carbonyl (C=O) groups is 1. The van der Waals surface area contributed by atoms with Gasteiger partial charge in [-0.1, -0.05) is 29.8 Å². The molecule has 4 nitrogen and oxygen atoms in total. The number of fused-ring (bicyclic) bond motifs is 1. The van der Waals surface area contributed by atoms with E-state index in [9.17, 15) is 4.79 Å². The van der Waals surface area contributed by atoms with Crippen molar-refractivity contribution in [3.63, 3.8) is 0 Å². The number of hydrogen-bond donors (Lipinski definition) is 1. The second-order valence-electron chi connectivity index (χ2n) is 6.55. The average Bonchev–Trinajstić information content (AvgIpc) is 2.90. The smallest absolute Gasteiger partial charge is 0.257 e. The summed E-state index contributed by atoms with van der Waals surface area (Å²) >= 11 is 6.09. The standard InChI is InChI=1S/C20H20ClN3O/c1-14-5-6-17-18(20(25)22-19(17)11-14)13-23-7-9-24(10-8-23)16-4-2-3-15(21)12-16/h2-6,11-13H,7-10H2,1H3,(H,22,25)/b18-13+. The van der Waals surface area contributed by atoms with Crippen molar-refractivity contribution in [3.8, 4) is 0 Å². The minimum absolute atomic E-state index is 0.0159. The number of nitrogens with zero attached hydrogens (tertiary/aromatic N) is 2. The first-order valence-corrected chi connectivity index (χ1v) is 8.87. The topological polar surface area (TPSA) is 35.6 Å². The molecule has 0 aromatic heterocycles. The first kappa shape index (κ1) is 16.0. The van der Waals surface area contributed by atoms with Crippen LogP contribution in [-0.4, -0.2) is 37.0 Å². The number of rotatable bonds is 2. The maximum absolute atomic E-state index is 12.3. The lowest BCUT2D eigenvalue weighted by Crippen LogP contribution is -2.44. The van der Waals surface area contributed by atoms with E-state index in [4.69, 9.17) is 11.6 Å². The molecule has 0 bridgehead atoms. The zero-order valence-corrected chi connectivity index (χ0v) is 14.9. The van der Waals surface area contributed by atoms with Crippen LogP contribution in [0.3, 0.4) is 0 Å². The van der Waals surface area contributed by atoms with Crippen molar-refractivity contribution in [1.29, 1.82) is 0 Å². The van der Waals surface area contributed by atoms with Crippen LogP contribution in [0.5, 0.6) is 0 Å². The van der Waals surface area contributed by atoms with Gasteiger partial charge in [0.15, 0.2) is 0 Å². The highest BCUT2D eigenvalue weighted by Gasteiger charge is 2.25. The number of carbonyl (C=O) groups excluding carboxylic acids is 1. The normalized spacial score (nSPS) is 18.5. The summed E-state index contributed by atoms with van der Waals surface area (Å²) in [5, 5.41) is 3.72. The molecule has 0 spiro atoms. The minimum Gasteiger partial charge on any atom is -0.373 e. The number of aryl methyl sites for hydroxylation is 1. The third-order valence-electron chi connectivity index (χ3n) is 4.76. The number of amides is 1. The monoisotopic (exact) mass is 353 g/mol. The molecule has 0 unspecified atom stereocenters. The molecule has 5 heteroatoms. The Morgan fingerprint density at radius 2 is 1.88 bits per heavy atom. The molecular weight excluding hydrogens is 334 g/mol. The first-order chi connectivity index (χ1) is 12.1. The van der Waals surface area contributed by atoms with Gasteiger partial charge in [-0.15, -0.1) is 0 Å². The Morgan fingerprint density at radius 1 is 1.08 bits per heavy atom. The number of hydrogen-bond acceptors (Lipinski definition) is 3. The Balaban J connectivity index is 1.49. The van der Waals surface area contributed by atoms with E-state index in [2.05, 4.69) is 21.2 Å². The molecule has 1 N–H and O–H groups in total. The molecule has 2 aliphatic rings. The molecule has 2 aliphatic heterocycles. The average molecular weight is 354 g/mol. The van der Waals surface area contributed by atoms with Crippen LogP contribution in [0.25, 0.3) is 5.57 Å². The largest absolute Gasteiger partial charge is 0.373 e. The summed E-state index contributed by atoms with van der Waals surface area (Å²) in [6.45, 7) is 5.61. The van der Waals surface area contributed by atoms with Gasteiger partial charge in [-0.25, -0.2) is 0 Å². The van der Waals surface area contributed by atoms with Crippen molar-refractivity contribution in [3.05, 3.63) is 64.8 Å². The van der Waals surface area contributed by atoms with Gasteiger partial charge >= 0.3 is 0 Å². The third-order valence-corrected chi connectivity index (χ3v) is 4.99. The summed E-state index contributed by atoms with van der Waals surface area (Å²) in [6, 6.07) is 14.0. The van der Waals surface area contributed by atoms with Gasteiger partial charge in [0.25, 0.3) is 5.91 Å². The molecule has 25 heavy (non-hydrogen) atoms. The molecule has 128 valence electrons. The molecule has 0 radical (unpaired) electrons. The van der Waals surface area contributed by atoms with Gasteiger partial charge in [-0.2, -0.15) is 0 Å². The summed E-state index contributed by atoms with van der Waals surface area (Å²) in [6.07, 6.45) is 2.01. The number of halogens is 1. The van der Waals surface area contributed by atoms with Crippen molar-refractivity contribution in [2.75, 3.05) is 36.4 Å². The molecule has 4 rings (SSSR count). The lowest BCUT2D eigenvalue weighted by Gasteiger charge is -2.35. The van der Waals surface area contributed by atoms with Crippen LogP contribution >= 0.6 is 11.6 Å². The summed E-state index contributed by atoms with van der Waals surface area (Å²) in [7, 11) is 0. The van der Waals surface area contributed by atoms with E-state index in [0.29, 0.717) is 0 Å². The van der Waals surface area contributed by atoms with Gasteiger partial charge in [-0.3, -0.25) is 4.79 Å². The molecule has 1 saturated heterocycles. The van der Waals surface area contributed by atoms with Crippen LogP contribution in [0.15, 0.2) is 48.7 Å². The van der Waals surface area contributed by atoms with E-state index in [0.717, 1.165) is 59.3 Å². The van der Waals surface area contributed by atoms with Gasteiger partial charge in [0.1, 0.15) is 0 Å². The Kier molecular flexibility index (Phi) is 4.14.